The highest BCUT2D eigenvalue weighted by atomic mass is 16.6. The number of aliphatic carboxylic acids is 1. The molecule has 0 amide bonds. The van der Waals surface area contributed by atoms with Gasteiger partial charge in [0.25, 0.3) is 11.4 Å². The number of non-ortho nitro benzene ring substituents is 2. The summed E-state index contributed by atoms with van der Waals surface area (Å²) in [6, 6.07) is 4.38. The molecule has 0 aromatic heterocycles. The van der Waals surface area contributed by atoms with Crippen LogP contribution in [-0.2, 0) is 4.79 Å². The van der Waals surface area contributed by atoms with E-state index in [1.807, 2.05) is 0 Å². The number of nitro groups is 2. The highest BCUT2D eigenvalue weighted by Crippen LogP contribution is 2.16. The highest BCUT2D eigenvalue weighted by molar-refractivity contribution is 5.66. The number of carboxylic acid groups (broad SMARTS) is 1. The van der Waals surface area contributed by atoms with Gasteiger partial charge in [-0.1, -0.05) is 58.3 Å². The normalized spacial score (nSPS) is 9.88. The van der Waals surface area contributed by atoms with Crippen molar-refractivity contribution < 1.29 is 19.7 Å². The predicted molar refractivity (Wildman–Crippen MR) is 99.2 cm³/mol. The summed E-state index contributed by atoms with van der Waals surface area (Å²) in [5.41, 5.74) is -0.304. The van der Waals surface area contributed by atoms with Crippen LogP contribution in [0.5, 0.6) is 0 Å². The maximum absolute atomic E-state index is 10.2. The molecule has 0 radical (unpaired) electrons. The lowest BCUT2D eigenvalue weighted by Gasteiger charge is -2.00. The second-order valence-corrected chi connectivity index (χ2v) is 6.00. The summed E-state index contributed by atoms with van der Waals surface area (Å²) in [4.78, 5) is 29.2. The third-order valence-corrected chi connectivity index (χ3v) is 3.77. The molecule has 146 valence electrons. The predicted octanol–water partition coefficient (Wildman–Crippen LogP) is 5.49. The van der Waals surface area contributed by atoms with E-state index in [0.29, 0.717) is 6.42 Å². The van der Waals surface area contributed by atoms with Gasteiger partial charge in [0, 0.05) is 30.7 Å². The molecule has 0 aliphatic rings. The minimum absolute atomic E-state index is 0.152. The van der Waals surface area contributed by atoms with Gasteiger partial charge in [-0.05, 0) is 6.42 Å². The molecule has 1 aromatic rings. The zero-order chi connectivity index (χ0) is 19.8. The van der Waals surface area contributed by atoms with Crippen molar-refractivity contribution in [1.82, 2.24) is 0 Å². The Morgan fingerprint density at radius 1 is 0.808 bits per heavy atom. The van der Waals surface area contributed by atoms with Crippen LogP contribution < -0.4 is 0 Å². The van der Waals surface area contributed by atoms with Crippen LogP contribution in [0.3, 0.4) is 0 Å². The molecular formula is C18H28N2O6. The van der Waals surface area contributed by atoms with Gasteiger partial charge in [0.15, 0.2) is 0 Å². The lowest BCUT2D eigenvalue weighted by Crippen LogP contribution is -1.93. The molecule has 8 nitrogen and oxygen atoms in total. The SMILES string of the molecule is CCCCCCCCCCCC(=O)O.O=[N+]([O-])c1ccc([N+](=O)[O-])cc1. The van der Waals surface area contributed by atoms with Crippen molar-refractivity contribution in [3.05, 3.63) is 44.5 Å². The minimum atomic E-state index is -0.659. The molecule has 0 bridgehead atoms. The van der Waals surface area contributed by atoms with Crippen LogP contribution in [0.1, 0.15) is 71.1 Å². The Kier molecular flexibility index (Phi) is 13.4. The number of nitro benzene ring substituents is 2. The average Bonchev–Trinajstić information content (AvgIpc) is 2.60. The van der Waals surface area contributed by atoms with Crippen molar-refractivity contribution in [2.75, 3.05) is 0 Å². The van der Waals surface area contributed by atoms with Crippen molar-refractivity contribution in [3.63, 3.8) is 0 Å². The summed E-state index contributed by atoms with van der Waals surface area (Å²) < 4.78 is 0. The maximum atomic E-state index is 10.2. The number of hydrogen-bond acceptors (Lipinski definition) is 5. The van der Waals surface area contributed by atoms with Crippen LogP contribution >= 0.6 is 0 Å². The van der Waals surface area contributed by atoms with E-state index in [1.54, 1.807) is 0 Å². The number of carboxylic acids is 1. The van der Waals surface area contributed by atoms with Crippen LogP contribution in [0.15, 0.2) is 24.3 Å². The summed E-state index contributed by atoms with van der Waals surface area (Å²) in [6.07, 6.45) is 11.5. The summed E-state index contributed by atoms with van der Waals surface area (Å²) in [5.74, 6) is -0.659. The van der Waals surface area contributed by atoms with Gasteiger partial charge in [-0.25, -0.2) is 0 Å². The highest BCUT2D eigenvalue weighted by Gasteiger charge is 2.08. The topological polar surface area (TPSA) is 124 Å². The lowest BCUT2D eigenvalue weighted by atomic mass is 10.1. The maximum Gasteiger partial charge on any atom is 0.303 e. The van der Waals surface area contributed by atoms with E-state index >= 15 is 0 Å². The number of benzene rings is 1. The summed E-state index contributed by atoms with van der Waals surface area (Å²) in [6.45, 7) is 2.23. The Labute approximate surface area is 153 Å². The molecule has 1 rings (SSSR count). The van der Waals surface area contributed by atoms with Crippen molar-refractivity contribution in [2.45, 2.75) is 71.1 Å². The smallest absolute Gasteiger partial charge is 0.303 e. The van der Waals surface area contributed by atoms with E-state index in [1.165, 1.54) is 44.9 Å². The largest absolute Gasteiger partial charge is 0.481 e. The molecule has 8 heteroatoms. The van der Waals surface area contributed by atoms with Crippen molar-refractivity contribution in [2.24, 2.45) is 0 Å². The van der Waals surface area contributed by atoms with E-state index in [4.69, 9.17) is 5.11 Å². The number of rotatable bonds is 12. The van der Waals surface area contributed by atoms with E-state index in [0.717, 1.165) is 37.1 Å². The average molecular weight is 368 g/mol. The van der Waals surface area contributed by atoms with Gasteiger partial charge in [0.2, 0.25) is 0 Å². The number of nitrogens with zero attached hydrogens (tertiary/aromatic N) is 2. The van der Waals surface area contributed by atoms with Crippen LogP contribution in [0, 0.1) is 20.2 Å². The minimum Gasteiger partial charge on any atom is -0.481 e. The molecule has 26 heavy (non-hydrogen) atoms. The van der Waals surface area contributed by atoms with Crippen molar-refractivity contribution in [3.8, 4) is 0 Å². The summed E-state index contributed by atoms with van der Waals surface area (Å²) in [5, 5.41) is 28.6. The Balaban J connectivity index is 0.000000485. The third kappa shape index (κ3) is 12.9. The van der Waals surface area contributed by atoms with E-state index in [2.05, 4.69) is 6.92 Å². The number of hydrogen-bond donors (Lipinski definition) is 1. The fourth-order valence-corrected chi connectivity index (χ4v) is 2.28. The Bertz CT molecular complexity index is 512. The first-order chi connectivity index (χ1) is 12.4. The molecule has 0 heterocycles. The van der Waals surface area contributed by atoms with Gasteiger partial charge >= 0.3 is 5.97 Å². The van der Waals surface area contributed by atoms with Gasteiger partial charge < -0.3 is 5.11 Å². The molecule has 0 unspecified atom stereocenters. The monoisotopic (exact) mass is 368 g/mol. The third-order valence-electron chi connectivity index (χ3n) is 3.77. The standard InChI is InChI=1S/C12H24O2.C6H4N2O4/c1-2-3-4-5-6-7-8-9-10-11-12(13)14;9-7(10)5-1-2-6(4-3-5)8(11)12/h2-11H2,1H3,(H,13,14);1-4H. The Hall–Kier alpha value is -2.51. The fraction of sp³-hybridized carbons (Fsp3) is 0.611. The second-order valence-electron chi connectivity index (χ2n) is 6.00. The molecule has 0 aliphatic carbocycles. The van der Waals surface area contributed by atoms with E-state index < -0.39 is 15.8 Å². The molecule has 0 saturated carbocycles. The van der Waals surface area contributed by atoms with Crippen molar-refractivity contribution in [1.29, 1.82) is 0 Å². The second kappa shape index (κ2) is 14.8. The van der Waals surface area contributed by atoms with Gasteiger partial charge in [-0.2, -0.15) is 0 Å². The lowest BCUT2D eigenvalue weighted by molar-refractivity contribution is -0.389. The van der Waals surface area contributed by atoms with Gasteiger partial charge in [0.05, 0.1) is 9.85 Å². The molecule has 0 spiro atoms. The van der Waals surface area contributed by atoms with E-state index in [9.17, 15) is 25.0 Å². The van der Waals surface area contributed by atoms with E-state index in [-0.39, 0.29) is 11.4 Å². The summed E-state index contributed by atoms with van der Waals surface area (Å²) >= 11 is 0. The van der Waals surface area contributed by atoms with Crippen LogP contribution in [0.25, 0.3) is 0 Å². The molecule has 0 fully saturated rings. The first-order valence-corrected chi connectivity index (χ1v) is 8.99. The first kappa shape index (κ1) is 23.5. The fourth-order valence-electron chi connectivity index (χ4n) is 2.28. The van der Waals surface area contributed by atoms with Crippen LogP contribution in [0.4, 0.5) is 11.4 Å². The number of unbranched alkanes of at least 4 members (excludes halogenated alkanes) is 8. The van der Waals surface area contributed by atoms with Gasteiger partial charge in [-0.15, -0.1) is 0 Å². The van der Waals surface area contributed by atoms with Crippen molar-refractivity contribution >= 4 is 17.3 Å². The summed E-state index contributed by atoms with van der Waals surface area (Å²) in [7, 11) is 0. The van der Waals surface area contributed by atoms with Gasteiger partial charge in [0.1, 0.15) is 0 Å². The van der Waals surface area contributed by atoms with Crippen LogP contribution in [0.2, 0.25) is 0 Å². The molecule has 0 saturated heterocycles. The quantitative estimate of drug-likeness (QED) is 0.295. The molecular weight excluding hydrogens is 340 g/mol. The number of carbonyl (C=O) groups is 1. The zero-order valence-corrected chi connectivity index (χ0v) is 15.3. The van der Waals surface area contributed by atoms with Gasteiger partial charge in [-0.3, -0.25) is 25.0 Å². The molecule has 0 aliphatic heterocycles. The Morgan fingerprint density at radius 3 is 1.46 bits per heavy atom. The first-order valence-electron chi connectivity index (χ1n) is 8.99. The molecule has 0 atom stereocenters. The molecule has 1 aromatic carbocycles. The zero-order valence-electron chi connectivity index (χ0n) is 15.3. The van der Waals surface area contributed by atoms with Crippen LogP contribution in [-0.4, -0.2) is 20.9 Å². The molecule has 1 N–H and O–H groups in total. The Morgan fingerprint density at radius 2 is 1.15 bits per heavy atom.